The van der Waals surface area contributed by atoms with E-state index in [1.807, 2.05) is 74.3 Å². The standard InChI is InChI=1S/C27H25Cl2NO2/c1-5-25(26(18(2)3)27(31)32-24-15-11-21(29)12-16-24)19-7-6-8-23(17-19)30(4)22-13-9-20(28)10-14-22/h1,6-18,25-26H,2-4H3. The fraction of sp³-hybridized carbons (Fsp3) is 0.222. The lowest BCUT2D eigenvalue weighted by atomic mass is 9.79. The Kier molecular flexibility index (Phi) is 7.85. The zero-order valence-electron chi connectivity index (χ0n) is 18.3. The van der Waals surface area contributed by atoms with E-state index in [-0.39, 0.29) is 11.9 Å². The van der Waals surface area contributed by atoms with Crippen molar-refractivity contribution in [3.8, 4) is 18.1 Å². The summed E-state index contributed by atoms with van der Waals surface area (Å²) in [6, 6.07) is 22.2. The van der Waals surface area contributed by atoms with Crippen molar-refractivity contribution >= 4 is 40.5 Å². The average Bonchev–Trinajstić information content (AvgIpc) is 2.78. The molecule has 0 spiro atoms. The number of ether oxygens (including phenoxy) is 1. The third-order valence-electron chi connectivity index (χ3n) is 5.39. The van der Waals surface area contributed by atoms with Crippen LogP contribution in [0.25, 0.3) is 0 Å². The van der Waals surface area contributed by atoms with Gasteiger partial charge >= 0.3 is 5.97 Å². The van der Waals surface area contributed by atoms with Gasteiger partial charge in [0.05, 0.1) is 11.8 Å². The largest absolute Gasteiger partial charge is 0.426 e. The van der Waals surface area contributed by atoms with Gasteiger partial charge in [-0.05, 0) is 72.1 Å². The van der Waals surface area contributed by atoms with E-state index in [0.717, 1.165) is 16.9 Å². The van der Waals surface area contributed by atoms with Crippen molar-refractivity contribution in [1.29, 1.82) is 0 Å². The molecule has 3 rings (SSSR count). The van der Waals surface area contributed by atoms with Crippen molar-refractivity contribution in [1.82, 2.24) is 0 Å². The number of nitrogens with zero attached hydrogens (tertiary/aromatic N) is 1. The Hall–Kier alpha value is -2.93. The number of hydrogen-bond acceptors (Lipinski definition) is 3. The fourth-order valence-corrected chi connectivity index (χ4v) is 3.88. The van der Waals surface area contributed by atoms with Gasteiger partial charge in [-0.2, -0.15) is 0 Å². The molecule has 3 aromatic rings. The van der Waals surface area contributed by atoms with Crippen LogP contribution < -0.4 is 9.64 Å². The average molecular weight is 466 g/mol. The van der Waals surface area contributed by atoms with Crippen molar-refractivity contribution in [2.24, 2.45) is 11.8 Å². The Morgan fingerprint density at radius 3 is 2.09 bits per heavy atom. The maximum atomic E-state index is 13.1. The van der Waals surface area contributed by atoms with Gasteiger partial charge in [-0.25, -0.2) is 0 Å². The van der Waals surface area contributed by atoms with E-state index in [0.29, 0.717) is 15.8 Å². The zero-order valence-corrected chi connectivity index (χ0v) is 19.8. The number of anilines is 2. The van der Waals surface area contributed by atoms with Gasteiger partial charge in [0.15, 0.2) is 0 Å². The topological polar surface area (TPSA) is 29.5 Å². The van der Waals surface area contributed by atoms with E-state index < -0.39 is 11.8 Å². The number of benzene rings is 3. The summed E-state index contributed by atoms with van der Waals surface area (Å²) in [5.74, 6) is 1.95. The Balaban J connectivity index is 1.88. The van der Waals surface area contributed by atoms with Crippen molar-refractivity contribution < 1.29 is 9.53 Å². The molecule has 164 valence electrons. The Bertz CT molecular complexity index is 1100. The van der Waals surface area contributed by atoms with Crippen molar-refractivity contribution in [2.75, 3.05) is 11.9 Å². The Morgan fingerprint density at radius 2 is 1.53 bits per heavy atom. The molecule has 0 aliphatic carbocycles. The summed E-state index contributed by atoms with van der Waals surface area (Å²) in [4.78, 5) is 15.2. The van der Waals surface area contributed by atoms with Crippen molar-refractivity contribution in [2.45, 2.75) is 19.8 Å². The normalized spacial score (nSPS) is 12.7. The van der Waals surface area contributed by atoms with Gasteiger partial charge in [-0.15, -0.1) is 6.42 Å². The lowest BCUT2D eigenvalue weighted by Crippen LogP contribution is -2.30. The molecule has 2 atom stereocenters. The molecule has 0 bridgehead atoms. The van der Waals surface area contributed by atoms with Crippen LogP contribution in [0.5, 0.6) is 5.75 Å². The SMILES string of the molecule is C#CC(c1cccc(N(C)c2ccc(Cl)cc2)c1)C(C(=O)Oc1ccc(Cl)cc1)C(C)C. The third kappa shape index (κ3) is 5.65. The highest BCUT2D eigenvalue weighted by Gasteiger charge is 2.33. The predicted octanol–water partition coefficient (Wildman–Crippen LogP) is 7.36. The van der Waals surface area contributed by atoms with Gasteiger partial charge < -0.3 is 9.64 Å². The molecule has 0 heterocycles. The summed E-state index contributed by atoms with van der Waals surface area (Å²) in [5, 5.41) is 1.26. The quantitative estimate of drug-likeness (QED) is 0.207. The van der Waals surface area contributed by atoms with Gasteiger partial charge in [0.2, 0.25) is 0 Å². The van der Waals surface area contributed by atoms with Crippen LogP contribution in [-0.2, 0) is 4.79 Å². The highest BCUT2D eigenvalue weighted by Crippen LogP contribution is 2.34. The first-order valence-corrected chi connectivity index (χ1v) is 11.1. The zero-order chi connectivity index (χ0) is 23.3. The molecule has 0 aliphatic heterocycles. The minimum absolute atomic E-state index is 0.0199. The van der Waals surface area contributed by atoms with Crippen LogP contribution in [0.15, 0.2) is 72.8 Å². The summed E-state index contributed by atoms with van der Waals surface area (Å²) in [6.45, 7) is 3.95. The van der Waals surface area contributed by atoms with Crippen LogP contribution in [0, 0.1) is 24.2 Å². The highest BCUT2D eigenvalue weighted by molar-refractivity contribution is 6.30. The van der Waals surface area contributed by atoms with E-state index in [1.54, 1.807) is 24.3 Å². The maximum absolute atomic E-state index is 13.1. The summed E-state index contributed by atoms with van der Waals surface area (Å²) in [6.07, 6.45) is 5.94. The first-order chi connectivity index (χ1) is 15.3. The molecule has 5 heteroatoms. The molecule has 32 heavy (non-hydrogen) atoms. The van der Waals surface area contributed by atoms with Crippen LogP contribution in [0.1, 0.15) is 25.3 Å². The van der Waals surface area contributed by atoms with E-state index >= 15 is 0 Å². The summed E-state index contributed by atoms with van der Waals surface area (Å²) >= 11 is 11.9. The minimum atomic E-state index is -0.508. The Labute approximate surface area is 199 Å². The van der Waals surface area contributed by atoms with E-state index in [2.05, 4.69) is 5.92 Å². The van der Waals surface area contributed by atoms with Gasteiger partial charge in [-0.1, -0.05) is 55.1 Å². The second-order valence-corrected chi connectivity index (χ2v) is 8.79. The van der Waals surface area contributed by atoms with Gasteiger partial charge in [0.25, 0.3) is 0 Å². The molecule has 0 saturated carbocycles. The molecule has 3 nitrogen and oxygen atoms in total. The molecule has 0 aromatic heterocycles. The van der Waals surface area contributed by atoms with Crippen LogP contribution in [-0.4, -0.2) is 13.0 Å². The maximum Gasteiger partial charge on any atom is 0.316 e. The van der Waals surface area contributed by atoms with E-state index in [4.69, 9.17) is 34.4 Å². The monoisotopic (exact) mass is 465 g/mol. The lowest BCUT2D eigenvalue weighted by Gasteiger charge is -2.27. The summed E-state index contributed by atoms with van der Waals surface area (Å²) in [5.41, 5.74) is 2.84. The molecular formula is C27H25Cl2NO2. The van der Waals surface area contributed by atoms with Gasteiger partial charge in [-0.3, -0.25) is 4.79 Å². The number of carbonyl (C=O) groups is 1. The van der Waals surface area contributed by atoms with Gasteiger partial charge in [0, 0.05) is 28.5 Å². The third-order valence-corrected chi connectivity index (χ3v) is 5.90. The molecular weight excluding hydrogens is 441 g/mol. The summed E-state index contributed by atoms with van der Waals surface area (Å²) in [7, 11) is 1.97. The first-order valence-electron chi connectivity index (χ1n) is 10.3. The second-order valence-electron chi connectivity index (χ2n) is 7.92. The highest BCUT2D eigenvalue weighted by atomic mass is 35.5. The first kappa shape index (κ1) is 23.7. The fourth-order valence-electron chi connectivity index (χ4n) is 3.63. The number of halogens is 2. The number of esters is 1. The Morgan fingerprint density at radius 1 is 0.938 bits per heavy atom. The molecule has 0 radical (unpaired) electrons. The molecule has 0 fully saturated rings. The second kappa shape index (κ2) is 10.6. The van der Waals surface area contributed by atoms with E-state index in [1.165, 1.54) is 0 Å². The number of hydrogen-bond donors (Lipinski definition) is 0. The van der Waals surface area contributed by atoms with E-state index in [9.17, 15) is 4.79 Å². The lowest BCUT2D eigenvalue weighted by molar-refractivity contribution is -0.140. The van der Waals surface area contributed by atoms with Gasteiger partial charge in [0.1, 0.15) is 5.75 Å². The molecule has 2 unspecified atom stereocenters. The van der Waals surface area contributed by atoms with Crippen LogP contribution in [0.3, 0.4) is 0 Å². The molecule has 0 saturated heterocycles. The minimum Gasteiger partial charge on any atom is -0.426 e. The molecule has 0 N–H and O–H groups in total. The molecule has 3 aromatic carbocycles. The summed E-state index contributed by atoms with van der Waals surface area (Å²) < 4.78 is 5.64. The van der Waals surface area contributed by atoms with Crippen molar-refractivity contribution in [3.05, 3.63) is 88.4 Å². The molecule has 0 amide bonds. The van der Waals surface area contributed by atoms with Crippen LogP contribution in [0.2, 0.25) is 10.0 Å². The van der Waals surface area contributed by atoms with Crippen LogP contribution in [0.4, 0.5) is 11.4 Å². The number of carbonyl (C=O) groups excluding carboxylic acids is 1. The number of rotatable bonds is 7. The molecule has 0 aliphatic rings. The van der Waals surface area contributed by atoms with Crippen molar-refractivity contribution in [3.63, 3.8) is 0 Å². The van der Waals surface area contributed by atoms with Crippen LogP contribution >= 0.6 is 23.2 Å². The predicted molar refractivity (Wildman–Crippen MR) is 133 cm³/mol. The smallest absolute Gasteiger partial charge is 0.316 e. The number of terminal acetylenes is 1.